The summed E-state index contributed by atoms with van der Waals surface area (Å²) in [5, 5.41) is 14.1. The molecule has 130 valence electrons. The summed E-state index contributed by atoms with van der Waals surface area (Å²) < 4.78 is 24.8. The molecule has 9 heteroatoms. The van der Waals surface area contributed by atoms with Gasteiger partial charge in [0.1, 0.15) is 0 Å². The average molecular weight is 375 g/mol. The number of aromatic nitrogens is 4. The molecule has 0 saturated carbocycles. The molecule has 3 aromatic rings. The number of rotatable bonds is 4. The van der Waals surface area contributed by atoms with Crippen LogP contribution in [0.25, 0.3) is 5.69 Å². The molecule has 0 bridgehead atoms. The molecular weight excluding hydrogens is 358 g/mol. The van der Waals surface area contributed by atoms with Crippen molar-refractivity contribution < 1.29 is 8.42 Å². The van der Waals surface area contributed by atoms with Gasteiger partial charge in [0.2, 0.25) is 0 Å². The first-order valence-corrected chi connectivity index (χ1v) is 10.6. The topological polar surface area (TPSA) is 81.0 Å². The predicted molar refractivity (Wildman–Crippen MR) is 94.4 cm³/mol. The Bertz CT molecular complexity index is 992. The number of hydrogen-bond acceptors (Lipinski definition) is 7. The maximum Gasteiger partial charge on any atom is 0.175 e. The van der Waals surface area contributed by atoms with Crippen LogP contribution in [0, 0.1) is 0 Å². The van der Waals surface area contributed by atoms with Gasteiger partial charge in [0.25, 0.3) is 0 Å². The van der Waals surface area contributed by atoms with Crippen molar-refractivity contribution in [3.8, 4) is 5.69 Å². The molecule has 25 heavy (non-hydrogen) atoms. The fourth-order valence-corrected chi connectivity index (χ4v) is 4.50. The van der Waals surface area contributed by atoms with E-state index >= 15 is 0 Å². The van der Waals surface area contributed by atoms with Gasteiger partial charge < -0.3 is 0 Å². The summed E-state index contributed by atoms with van der Waals surface area (Å²) >= 11 is 1.82. The van der Waals surface area contributed by atoms with Crippen molar-refractivity contribution in [3.05, 3.63) is 52.0 Å². The Morgan fingerprint density at radius 3 is 2.76 bits per heavy atom. The second-order valence-electron chi connectivity index (χ2n) is 6.10. The number of fused-ring (bicyclic) bond motifs is 1. The minimum Gasteiger partial charge on any atom is -0.291 e. The number of thiophene rings is 1. The summed E-state index contributed by atoms with van der Waals surface area (Å²) in [6.45, 7) is 2.53. The monoisotopic (exact) mass is 375 g/mol. The third kappa shape index (κ3) is 3.35. The van der Waals surface area contributed by atoms with Crippen molar-refractivity contribution in [2.45, 2.75) is 24.4 Å². The molecule has 1 aliphatic rings. The van der Waals surface area contributed by atoms with Crippen LogP contribution in [0.2, 0.25) is 0 Å². The van der Waals surface area contributed by atoms with E-state index in [0.717, 1.165) is 31.0 Å². The Kier molecular flexibility index (Phi) is 4.14. The molecule has 0 radical (unpaired) electrons. The largest absolute Gasteiger partial charge is 0.291 e. The zero-order valence-corrected chi connectivity index (χ0v) is 15.3. The van der Waals surface area contributed by atoms with Crippen LogP contribution in [0.4, 0.5) is 0 Å². The van der Waals surface area contributed by atoms with E-state index in [4.69, 9.17) is 0 Å². The van der Waals surface area contributed by atoms with Crippen LogP contribution in [-0.4, -0.2) is 46.3 Å². The van der Waals surface area contributed by atoms with Gasteiger partial charge in [-0.25, -0.2) is 8.42 Å². The lowest BCUT2D eigenvalue weighted by atomic mass is 10.1. The van der Waals surface area contributed by atoms with E-state index in [1.165, 1.54) is 16.7 Å². The first kappa shape index (κ1) is 16.4. The van der Waals surface area contributed by atoms with Gasteiger partial charge in [-0.3, -0.25) is 4.90 Å². The number of tetrazole rings is 1. The molecule has 0 unspecified atom stereocenters. The highest BCUT2D eigenvalue weighted by Crippen LogP contribution is 2.25. The lowest BCUT2D eigenvalue weighted by Crippen LogP contribution is -2.30. The summed E-state index contributed by atoms with van der Waals surface area (Å²) in [5.74, 6) is 0.741. The van der Waals surface area contributed by atoms with Crippen molar-refractivity contribution in [1.29, 1.82) is 0 Å². The highest BCUT2D eigenvalue weighted by molar-refractivity contribution is 7.90. The van der Waals surface area contributed by atoms with E-state index < -0.39 is 9.84 Å². The van der Waals surface area contributed by atoms with E-state index in [2.05, 4.69) is 31.9 Å². The molecule has 4 rings (SSSR count). The third-order valence-corrected chi connectivity index (χ3v) is 6.45. The first-order valence-electron chi connectivity index (χ1n) is 7.86. The molecule has 1 aliphatic heterocycles. The second-order valence-corrected chi connectivity index (χ2v) is 9.12. The fourth-order valence-electron chi connectivity index (χ4n) is 2.98. The predicted octanol–water partition coefficient (Wildman–Crippen LogP) is 1.69. The van der Waals surface area contributed by atoms with Crippen LogP contribution in [0.5, 0.6) is 0 Å². The molecular formula is C16H17N5O2S2. The number of benzene rings is 1. The highest BCUT2D eigenvalue weighted by atomic mass is 32.2. The van der Waals surface area contributed by atoms with Crippen molar-refractivity contribution >= 4 is 21.2 Å². The van der Waals surface area contributed by atoms with Gasteiger partial charge in [-0.05, 0) is 58.1 Å². The van der Waals surface area contributed by atoms with Crippen molar-refractivity contribution in [3.63, 3.8) is 0 Å². The Labute approximate surface area is 149 Å². The molecule has 0 aliphatic carbocycles. The van der Waals surface area contributed by atoms with E-state index in [0.29, 0.717) is 6.54 Å². The average Bonchev–Trinajstić information content (AvgIpc) is 3.23. The van der Waals surface area contributed by atoms with Crippen molar-refractivity contribution in [2.75, 3.05) is 12.8 Å². The first-order chi connectivity index (χ1) is 12.0. The summed E-state index contributed by atoms with van der Waals surface area (Å²) in [5.41, 5.74) is 2.13. The van der Waals surface area contributed by atoms with E-state index in [9.17, 15) is 8.42 Å². The quantitative estimate of drug-likeness (QED) is 0.690. The van der Waals surface area contributed by atoms with Gasteiger partial charge in [-0.2, -0.15) is 4.68 Å². The van der Waals surface area contributed by atoms with Gasteiger partial charge in [0, 0.05) is 24.2 Å². The molecule has 1 aromatic carbocycles. The van der Waals surface area contributed by atoms with Crippen LogP contribution >= 0.6 is 11.3 Å². The Morgan fingerprint density at radius 1 is 1.20 bits per heavy atom. The molecule has 0 spiro atoms. The Balaban J connectivity index is 1.55. The van der Waals surface area contributed by atoms with Gasteiger partial charge in [-0.1, -0.05) is 0 Å². The molecule has 7 nitrogen and oxygen atoms in total. The lowest BCUT2D eigenvalue weighted by Gasteiger charge is -2.26. The smallest absolute Gasteiger partial charge is 0.175 e. The van der Waals surface area contributed by atoms with Crippen LogP contribution in [0.15, 0.2) is 40.6 Å². The van der Waals surface area contributed by atoms with E-state index in [-0.39, 0.29) is 4.90 Å². The summed E-state index contributed by atoms with van der Waals surface area (Å²) in [4.78, 5) is 4.07. The molecule has 0 amide bonds. The van der Waals surface area contributed by atoms with Crippen LogP contribution in [-0.2, 0) is 29.3 Å². The van der Waals surface area contributed by atoms with Crippen LogP contribution in [0.1, 0.15) is 16.3 Å². The van der Waals surface area contributed by atoms with Gasteiger partial charge in [0.15, 0.2) is 15.7 Å². The van der Waals surface area contributed by atoms with Crippen molar-refractivity contribution in [1.82, 2.24) is 25.1 Å². The van der Waals surface area contributed by atoms with Crippen LogP contribution < -0.4 is 0 Å². The number of sulfone groups is 1. The second kappa shape index (κ2) is 6.32. The van der Waals surface area contributed by atoms with Crippen LogP contribution in [0.3, 0.4) is 0 Å². The SMILES string of the molecule is CS(=O)(=O)c1ccc(-n2nnnc2CN2CCc3sccc3C2)cc1. The minimum absolute atomic E-state index is 0.284. The zero-order chi connectivity index (χ0) is 17.4. The molecule has 0 fully saturated rings. The highest BCUT2D eigenvalue weighted by Gasteiger charge is 2.20. The maximum atomic E-state index is 11.6. The third-order valence-electron chi connectivity index (χ3n) is 4.30. The lowest BCUT2D eigenvalue weighted by molar-refractivity contribution is 0.239. The zero-order valence-electron chi connectivity index (χ0n) is 13.7. The normalized spacial score (nSPS) is 15.2. The van der Waals surface area contributed by atoms with E-state index in [1.807, 2.05) is 11.3 Å². The Morgan fingerprint density at radius 2 is 2.00 bits per heavy atom. The molecule has 2 aromatic heterocycles. The standard InChI is InChI=1S/C16H17N5O2S2/c1-25(22,23)14-4-2-13(3-5-14)21-16(17-18-19-21)11-20-8-6-15-12(10-20)7-9-24-15/h2-5,7,9H,6,8,10-11H2,1H3. The molecule has 3 heterocycles. The summed E-state index contributed by atoms with van der Waals surface area (Å²) in [6, 6.07) is 8.79. The summed E-state index contributed by atoms with van der Waals surface area (Å²) in [7, 11) is -3.21. The van der Waals surface area contributed by atoms with Gasteiger partial charge in [-0.15, -0.1) is 16.4 Å². The maximum absolute atomic E-state index is 11.6. The number of hydrogen-bond donors (Lipinski definition) is 0. The minimum atomic E-state index is -3.21. The molecule has 0 N–H and O–H groups in total. The fraction of sp³-hybridized carbons (Fsp3) is 0.312. The molecule has 0 saturated heterocycles. The molecule has 0 atom stereocenters. The Hall–Kier alpha value is -2.10. The summed E-state index contributed by atoms with van der Waals surface area (Å²) in [6.07, 6.45) is 2.25. The number of nitrogens with zero attached hydrogens (tertiary/aromatic N) is 5. The van der Waals surface area contributed by atoms with Crippen molar-refractivity contribution in [2.24, 2.45) is 0 Å². The van der Waals surface area contributed by atoms with Gasteiger partial charge in [0.05, 0.1) is 17.1 Å². The van der Waals surface area contributed by atoms with E-state index in [1.54, 1.807) is 28.9 Å². The van der Waals surface area contributed by atoms with Gasteiger partial charge >= 0.3 is 0 Å².